The van der Waals surface area contributed by atoms with Crippen molar-refractivity contribution in [1.82, 2.24) is 19.5 Å². The molecule has 0 unspecified atom stereocenters. The highest BCUT2D eigenvalue weighted by atomic mass is 28.4. The van der Waals surface area contributed by atoms with Crippen molar-refractivity contribution >= 4 is 66.9 Å². The molecule has 2 fully saturated rings. The number of ether oxygens (including phenoxy) is 3. The number of imidazole rings is 1. The van der Waals surface area contributed by atoms with Gasteiger partial charge in [0.15, 0.2) is 73.9 Å². The fraction of sp³-hybridized carbons (Fsp3) is 0.857. The molecule has 2 aromatic heterocycles. The lowest BCUT2D eigenvalue weighted by Gasteiger charge is -2.51. The Hall–Kier alpha value is -0.709. The first-order chi connectivity index (χ1) is 48.6. The summed E-state index contributed by atoms with van der Waals surface area (Å²) >= 11 is 0. The molecule has 2 aliphatic rings. The van der Waals surface area contributed by atoms with Crippen LogP contribution < -0.4 is 5.32 Å². The molecular weight excluding hydrogens is 803 g/mol. The summed E-state index contributed by atoms with van der Waals surface area (Å²) < 4.78 is 543. The lowest BCUT2D eigenvalue weighted by molar-refractivity contribution is -0.308. The van der Waals surface area contributed by atoms with Crippen LogP contribution in [0.3, 0.4) is 0 Å². The van der Waals surface area contributed by atoms with E-state index in [2.05, 4.69) is 15.0 Å². The summed E-state index contributed by atoms with van der Waals surface area (Å²) in [5.74, 6) is -0.847. The molecule has 0 aromatic carbocycles. The van der Waals surface area contributed by atoms with Gasteiger partial charge in [0.05, 0.1) is 19.5 Å². The largest absolute Gasteiger partial charge is 0.415 e. The summed E-state index contributed by atoms with van der Waals surface area (Å²) in [5, 5.41) is 1.90. The van der Waals surface area contributed by atoms with Gasteiger partial charge in [-0.15, -0.1) is 0 Å². The van der Waals surface area contributed by atoms with E-state index in [-0.39, 0.29) is 0 Å². The predicted octanol–water partition coefficient (Wildman–Crippen LogP) is 7.46. The maximum atomic E-state index is 8.77. The normalized spacial score (nSPS) is 48.7. The van der Waals surface area contributed by atoms with Crippen LogP contribution in [0.1, 0.15) is 84.4 Å². The van der Waals surface area contributed by atoms with Gasteiger partial charge in [-0.05, 0) is 117 Å². The van der Waals surface area contributed by atoms with Crippen LogP contribution in [0.5, 0.6) is 0 Å². The number of fused-ring (bicyclic) bond motifs is 1. The maximum absolute atomic E-state index is 8.77. The van der Waals surface area contributed by atoms with Crippen LogP contribution in [0.4, 0.5) is 5.82 Å². The second-order valence-electron chi connectivity index (χ2n) is 11.9. The summed E-state index contributed by atoms with van der Waals surface area (Å²) in [4.78, 5) is 11.6. The number of anilines is 1. The van der Waals surface area contributed by atoms with E-state index in [9.17, 15) is 0 Å². The molecule has 0 saturated carbocycles. The zero-order valence-electron chi connectivity index (χ0n) is 84.7. The number of nitrogens with zero attached hydrogens (tertiary/aromatic N) is 4. The van der Waals surface area contributed by atoms with Gasteiger partial charge in [0, 0.05) is 85.1 Å². The summed E-state index contributed by atoms with van der Waals surface area (Å²) in [6, 6.07) is 0. The van der Waals surface area contributed by atoms with Crippen molar-refractivity contribution in [3.63, 3.8) is 0 Å². The fourth-order valence-electron chi connectivity index (χ4n) is 5.40. The minimum atomic E-state index is -7.91. The molecular formula is C35H73N5O9Si6. The molecule has 0 radical (unpaired) electrons. The van der Waals surface area contributed by atoms with Crippen LogP contribution in [0.2, 0.25) is 117 Å². The highest BCUT2D eigenvalue weighted by Crippen LogP contribution is 2.41. The molecule has 14 nitrogen and oxygen atoms in total. The molecule has 4 rings (SSSR count). The minimum absolute atomic E-state index is 0.328. The maximum Gasteiger partial charge on any atom is 0.186 e. The Bertz CT molecular complexity index is 3330. The Morgan fingerprint density at radius 2 is 1.11 bits per heavy atom. The quantitative estimate of drug-likeness (QED) is 0.148. The molecule has 4 heterocycles. The summed E-state index contributed by atoms with van der Waals surface area (Å²) in [6.07, 6.45) is -33.3. The predicted molar refractivity (Wildman–Crippen MR) is 234 cm³/mol. The van der Waals surface area contributed by atoms with Crippen LogP contribution in [-0.2, 0) is 40.8 Å². The molecule has 2 aliphatic heterocycles. The standard InChI is InChI=1S/C35H73N5O9Si6/c1-36-32-26-33(38-22-37-32)40(23-39-26)34-30(48-54(14,15)16)27(24(43-34)20-41-50(2,3)4)45-35-31(49-55(17,18)19)29(47-53(11,12)13)28(46-52(8,9)10)25(44-35)21-42-51(5,6)7/h22-25,27-31,34-35H,20-21H2,1-19H3,(H,36,37,38)/t24-,25-,27-,28-,29+,30-,31-,34-,35-/m1/s1/i1D3,2D3,3D3,4D3,5D3,6D3,7D3,8D3,9D3,10D3,11D3,12D3,13D3,14D3,15D3,16D3,17D3,18D3,19D3. The molecule has 0 aliphatic carbocycles. The SMILES string of the molecule is [2H]C([2H])([2H])Nc1ncnc2c1ncn2[C@@H]1O[C@H](CO[Si](C([2H])([2H])[2H])(C([2H])([2H])[2H])C([2H])([2H])[2H])[C@@H](O[C@H]2O[C@H](CO[Si](C([2H])([2H])[2H])(C([2H])([2H])[2H])C([2H])([2H])[2H])[C@@H](O[Si](C([2H])([2H])[2H])(C([2H])([2H])[2H])C([2H])([2H])[2H])[C@H](O[Si](C([2H])([2H])[2H])(C([2H])([2H])[2H])C([2H])([2H])[2H])[C@H]2O[Si](C([2H])([2H])[2H])(C([2H])([2H])[2H])C([2H])([2H])[2H])[C@H]1O[Si](C([2H])([2H])[2H])(C([2H])([2H])[2H])C([2H])([2H])[2H]. The third-order valence-corrected chi connectivity index (χ3v) is 10.8. The number of aromatic nitrogens is 4. The molecule has 0 amide bonds. The summed E-state index contributed by atoms with van der Waals surface area (Å²) in [7, 11) is -45.2. The zero-order chi connectivity index (χ0) is 89.0. The van der Waals surface area contributed by atoms with E-state index in [1.807, 2.05) is 5.32 Å². The average Bonchev–Trinajstić information content (AvgIpc) is 0.890. The number of rotatable bonds is 18. The van der Waals surface area contributed by atoms with E-state index in [0.29, 0.717) is 17.2 Å². The molecule has 1 N–H and O–H groups in total. The van der Waals surface area contributed by atoms with Crippen molar-refractivity contribution in [3.05, 3.63) is 12.7 Å². The molecule has 55 heavy (non-hydrogen) atoms. The zero-order valence-corrected chi connectivity index (χ0v) is 33.7. The number of hydrogen-bond donors (Lipinski definition) is 1. The molecule has 2 saturated heterocycles. The smallest absolute Gasteiger partial charge is 0.186 e. The monoisotopic (exact) mass is 933 g/mol. The van der Waals surface area contributed by atoms with Gasteiger partial charge in [-0.25, -0.2) is 15.0 Å². The van der Waals surface area contributed by atoms with Gasteiger partial charge in [0.1, 0.15) is 54.6 Å². The first-order valence-corrected chi connectivity index (χ1v) is 26.4. The topological polar surface area (TPSA) is 139 Å². The second-order valence-corrected chi connectivity index (χ2v) is 21.6. The second kappa shape index (κ2) is 17.5. The van der Waals surface area contributed by atoms with Crippen LogP contribution in [-0.4, -0.2) is 139 Å². The van der Waals surface area contributed by atoms with Crippen LogP contribution in [0, 0.1) is 0 Å². The minimum Gasteiger partial charge on any atom is -0.415 e. The third-order valence-electron chi connectivity index (χ3n) is 7.10. The Morgan fingerprint density at radius 1 is 0.600 bits per heavy atom. The van der Waals surface area contributed by atoms with Crippen LogP contribution in [0.15, 0.2) is 12.7 Å². The highest BCUT2D eigenvalue weighted by Gasteiger charge is 2.56. The van der Waals surface area contributed by atoms with Gasteiger partial charge < -0.3 is 46.1 Å². The number of nitrogens with one attached hydrogen (secondary N) is 1. The van der Waals surface area contributed by atoms with E-state index in [4.69, 9.17) is 119 Å². The van der Waals surface area contributed by atoms with Crippen molar-refractivity contribution in [1.29, 1.82) is 0 Å². The van der Waals surface area contributed by atoms with E-state index in [1.165, 1.54) is 0 Å². The van der Waals surface area contributed by atoms with Gasteiger partial charge in [0.2, 0.25) is 0 Å². The van der Waals surface area contributed by atoms with E-state index < -0.39 is 259 Å². The van der Waals surface area contributed by atoms with Crippen molar-refractivity contribution < 1.29 is 119 Å². The molecule has 2 aromatic rings. The van der Waals surface area contributed by atoms with Gasteiger partial charge in [-0.3, -0.25) is 4.57 Å². The van der Waals surface area contributed by atoms with Gasteiger partial charge >= 0.3 is 0 Å². The average molecular weight is 934 g/mol. The van der Waals surface area contributed by atoms with Gasteiger partial charge in [-0.1, -0.05) is 0 Å². The Morgan fingerprint density at radius 3 is 1.65 bits per heavy atom. The Kier molecular flexibility index (Phi) is 3.75. The Labute approximate surface area is 417 Å². The van der Waals surface area contributed by atoms with Crippen molar-refractivity contribution in [3.8, 4) is 0 Å². The molecule has 20 heteroatoms. The van der Waals surface area contributed by atoms with E-state index in [1.54, 1.807) is 0 Å². The van der Waals surface area contributed by atoms with E-state index >= 15 is 0 Å². The molecule has 316 valence electrons. The highest BCUT2D eigenvalue weighted by molar-refractivity contribution is 6.71. The number of hydrogen-bond acceptors (Lipinski definition) is 13. The first kappa shape index (κ1) is 11.8. The van der Waals surface area contributed by atoms with Crippen molar-refractivity contribution in [2.45, 2.75) is 172 Å². The third kappa shape index (κ3) is 13.9. The summed E-state index contributed by atoms with van der Waals surface area (Å²) in [5.41, 5.74) is -1.76. The van der Waals surface area contributed by atoms with Gasteiger partial charge in [-0.2, -0.15) is 0 Å². The van der Waals surface area contributed by atoms with Crippen LogP contribution in [0.25, 0.3) is 11.2 Å². The Balaban J connectivity index is 2.76. The van der Waals surface area contributed by atoms with Crippen molar-refractivity contribution in [2.24, 2.45) is 0 Å². The molecule has 0 bridgehead atoms. The summed E-state index contributed by atoms with van der Waals surface area (Å²) in [6.45, 7) is -93.6. The van der Waals surface area contributed by atoms with Crippen LogP contribution >= 0.6 is 0 Å². The lowest BCUT2D eigenvalue weighted by Crippen LogP contribution is -2.67. The van der Waals surface area contributed by atoms with Crippen molar-refractivity contribution in [2.75, 3.05) is 25.5 Å². The lowest BCUT2D eigenvalue weighted by atomic mass is 9.99. The van der Waals surface area contributed by atoms with Gasteiger partial charge in [0.25, 0.3) is 0 Å². The fourth-order valence-corrected chi connectivity index (χ4v) is 8.91. The molecule has 0 spiro atoms. The molecule has 9 atom stereocenters. The first-order valence-electron chi connectivity index (χ1n) is 43.5. The van der Waals surface area contributed by atoms with E-state index in [0.717, 1.165) is 0 Å².